The van der Waals surface area contributed by atoms with E-state index in [-0.39, 0.29) is 29.4 Å². The summed E-state index contributed by atoms with van der Waals surface area (Å²) in [5.74, 6) is 2.44. The van der Waals surface area contributed by atoms with Gasteiger partial charge < -0.3 is 15.8 Å². The second-order valence-electron chi connectivity index (χ2n) is 5.64. The van der Waals surface area contributed by atoms with Gasteiger partial charge in [0.2, 0.25) is 5.91 Å². The lowest BCUT2D eigenvalue weighted by molar-refractivity contribution is -0.175. The van der Waals surface area contributed by atoms with Gasteiger partial charge in [0.25, 0.3) is 0 Å². The van der Waals surface area contributed by atoms with Crippen molar-refractivity contribution in [3.05, 3.63) is 0 Å². The molecule has 0 radical (unpaired) electrons. The third kappa shape index (κ3) is 1.42. The van der Waals surface area contributed by atoms with E-state index < -0.39 is 5.54 Å². The van der Waals surface area contributed by atoms with Gasteiger partial charge in [-0.1, -0.05) is 19.8 Å². The van der Waals surface area contributed by atoms with Gasteiger partial charge in [-0.25, -0.2) is 0 Å². The number of carbonyl (C=O) groups is 1. The highest BCUT2D eigenvalue weighted by molar-refractivity contribution is 5.90. The van der Waals surface area contributed by atoms with Crippen LogP contribution in [0.25, 0.3) is 0 Å². The van der Waals surface area contributed by atoms with E-state index in [1.54, 1.807) is 6.92 Å². The number of rotatable bonds is 2. The van der Waals surface area contributed by atoms with E-state index in [1.807, 2.05) is 13.8 Å². The van der Waals surface area contributed by atoms with Gasteiger partial charge in [-0.05, 0) is 13.3 Å². The van der Waals surface area contributed by atoms with E-state index in [0.717, 1.165) is 6.42 Å². The number of hydrogen-bond donors (Lipinski definition) is 2. The van der Waals surface area contributed by atoms with E-state index in [4.69, 9.17) is 16.9 Å². The first kappa shape index (κ1) is 12.4. The molecule has 4 unspecified atom stereocenters. The number of hydrogen-bond acceptors (Lipinski definition) is 3. The summed E-state index contributed by atoms with van der Waals surface area (Å²) in [6.45, 7) is 6.43. The molecule has 0 spiro atoms. The Kier molecular flexibility index (Phi) is 2.72. The van der Waals surface area contributed by atoms with Gasteiger partial charge >= 0.3 is 0 Å². The molecule has 94 valence electrons. The van der Waals surface area contributed by atoms with Crippen LogP contribution in [0.15, 0.2) is 0 Å². The number of carbonyl (C=O) groups excluding carboxylic acids is 1. The molecule has 2 rings (SSSR count). The molecule has 1 aliphatic heterocycles. The van der Waals surface area contributed by atoms with Gasteiger partial charge in [-0.2, -0.15) is 0 Å². The summed E-state index contributed by atoms with van der Waals surface area (Å²) in [5.41, 5.74) is 5.15. The Bertz CT molecular complexity index is 385. The van der Waals surface area contributed by atoms with Crippen molar-refractivity contribution in [1.82, 2.24) is 5.32 Å². The molecule has 3 N–H and O–H groups in total. The third-order valence-corrected chi connectivity index (χ3v) is 4.43. The molecule has 0 aromatic carbocycles. The molecule has 1 saturated carbocycles. The fraction of sp³-hybridized carbons (Fsp3) is 0.769. The Balaban J connectivity index is 2.19. The first-order chi connectivity index (χ1) is 7.85. The minimum Gasteiger partial charge on any atom is -0.377 e. The Morgan fingerprint density at radius 3 is 2.88 bits per heavy atom. The first-order valence-corrected chi connectivity index (χ1v) is 6.03. The second kappa shape index (κ2) is 3.72. The van der Waals surface area contributed by atoms with Crippen LogP contribution in [0.5, 0.6) is 0 Å². The maximum Gasteiger partial charge on any atom is 0.242 e. The SMILES string of the molecule is C#CC(C)NC(=O)C1(N)C2CCOC2C1(C)C. The summed E-state index contributed by atoms with van der Waals surface area (Å²) in [7, 11) is 0. The van der Waals surface area contributed by atoms with Crippen LogP contribution in [0.3, 0.4) is 0 Å². The van der Waals surface area contributed by atoms with Crippen molar-refractivity contribution in [2.45, 2.75) is 44.9 Å². The topological polar surface area (TPSA) is 64.4 Å². The van der Waals surface area contributed by atoms with E-state index in [2.05, 4.69) is 11.2 Å². The molecule has 4 nitrogen and oxygen atoms in total. The van der Waals surface area contributed by atoms with E-state index in [1.165, 1.54) is 0 Å². The van der Waals surface area contributed by atoms with Crippen LogP contribution >= 0.6 is 0 Å². The first-order valence-electron chi connectivity index (χ1n) is 6.03. The molecule has 2 fully saturated rings. The number of ether oxygens (including phenoxy) is 1. The average molecular weight is 236 g/mol. The lowest BCUT2D eigenvalue weighted by Gasteiger charge is -2.60. The van der Waals surface area contributed by atoms with Crippen LogP contribution in [-0.2, 0) is 9.53 Å². The Hall–Kier alpha value is -1.05. The monoisotopic (exact) mass is 236 g/mol. The molecular weight excluding hydrogens is 216 g/mol. The Labute approximate surface area is 102 Å². The summed E-state index contributed by atoms with van der Waals surface area (Å²) in [5, 5.41) is 2.78. The fourth-order valence-electron chi connectivity index (χ4n) is 3.20. The van der Waals surface area contributed by atoms with Crippen molar-refractivity contribution in [2.24, 2.45) is 17.1 Å². The highest BCUT2D eigenvalue weighted by atomic mass is 16.5. The van der Waals surface area contributed by atoms with Crippen LogP contribution < -0.4 is 11.1 Å². The molecule has 0 aromatic heterocycles. The summed E-state index contributed by atoms with van der Waals surface area (Å²) in [6, 6.07) is -0.292. The molecule has 0 aromatic rings. The zero-order valence-electron chi connectivity index (χ0n) is 10.6. The van der Waals surface area contributed by atoms with Gasteiger partial charge in [0.1, 0.15) is 5.54 Å². The highest BCUT2D eigenvalue weighted by Crippen LogP contribution is 2.58. The number of fused-ring (bicyclic) bond motifs is 1. The normalized spacial score (nSPS) is 39.7. The smallest absolute Gasteiger partial charge is 0.242 e. The van der Waals surface area contributed by atoms with Crippen molar-refractivity contribution in [2.75, 3.05) is 6.61 Å². The molecule has 2 aliphatic rings. The van der Waals surface area contributed by atoms with E-state index in [9.17, 15) is 4.79 Å². The number of terminal acetylenes is 1. The van der Waals surface area contributed by atoms with E-state index >= 15 is 0 Å². The summed E-state index contributed by atoms with van der Waals surface area (Å²) in [4.78, 5) is 12.3. The van der Waals surface area contributed by atoms with Crippen LogP contribution in [0.2, 0.25) is 0 Å². The van der Waals surface area contributed by atoms with Crippen molar-refractivity contribution in [3.63, 3.8) is 0 Å². The van der Waals surface area contributed by atoms with Gasteiger partial charge in [-0.3, -0.25) is 4.79 Å². The van der Waals surface area contributed by atoms with Crippen molar-refractivity contribution in [1.29, 1.82) is 0 Å². The lowest BCUT2D eigenvalue weighted by atomic mass is 9.48. The predicted octanol–water partition coefficient (Wildman–Crippen LogP) is 0.267. The van der Waals surface area contributed by atoms with Crippen LogP contribution in [0.1, 0.15) is 27.2 Å². The molecule has 4 atom stereocenters. The van der Waals surface area contributed by atoms with Gasteiger partial charge in [0.15, 0.2) is 0 Å². The van der Waals surface area contributed by atoms with E-state index in [0.29, 0.717) is 6.61 Å². The van der Waals surface area contributed by atoms with Gasteiger partial charge in [0.05, 0.1) is 12.1 Å². The Morgan fingerprint density at radius 1 is 1.65 bits per heavy atom. The summed E-state index contributed by atoms with van der Waals surface area (Å²) >= 11 is 0. The molecular formula is C13H20N2O2. The molecule has 1 saturated heterocycles. The average Bonchev–Trinajstić information content (AvgIpc) is 2.75. The largest absolute Gasteiger partial charge is 0.377 e. The van der Waals surface area contributed by atoms with Gasteiger partial charge in [0, 0.05) is 17.9 Å². The summed E-state index contributed by atoms with van der Waals surface area (Å²) < 4.78 is 5.64. The standard InChI is InChI=1S/C13H20N2O2/c1-5-8(2)15-11(16)13(14)9-6-7-17-10(9)12(13,3)4/h1,8-10H,6-7,14H2,2-4H3,(H,15,16). The van der Waals surface area contributed by atoms with Gasteiger partial charge in [-0.15, -0.1) is 6.42 Å². The highest BCUT2D eigenvalue weighted by Gasteiger charge is 2.71. The predicted molar refractivity (Wildman–Crippen MR) is 65.0 cm³/mol. The van der Waals surface area contributed by atoms with Crippen molar-refractivity contribution < 1.29 is 9.53 Å². The molecule has 0 bridgehead atoms. The third-order valence-electron chi connectivity index (χ3n) is 4.43. The maximum absolute atomic E-state index is 12.3. The molecule has 1 heterocycles. The summed E-state index contributed by atoms with van der Waals surface area (Å²) in [6.07, 6.45) is 6.21. The van der Waals surface area contributed by atoms with Crippen LogP contribution in [0, 0.1) is 23.7 Å². The van der Waals surface area contributed by atoms with Crippen molar-refractivity contribution >= 4 is 5.91 Å². The lowest BCUT2D eigenvalue weighted by Crippen LogP contribution is -2.80. The Morgan fingerprint density at radius 2 is 2.29 bits per heavy atom. The van der Waals surface area contributed by atoms with Crippen LogP contribution in [-0.4, -0.2) is 30.2 Å². The number of amides is 1. The minimum absolute atomic E-state index is 0.0967. The van der Waals surface area contributed by atoms with Crippen LogP contribution in [0.4, 0.5) is 0 Å². The molecule has 4 heteroatoms. The fourth-order valence-corrected chi connectivity index (χ4v) is 3.20. The number of nitrogens with one attached hydrogen (secondary N) is 1. The molecule has 1 aliphatic carbocycles. The molecule has 17 heavy (non-hydrogen) atoms. The minimum atomic E-state index is -0.862. The zero-order valence-corrected chi connectivity index (χ0v) is 10.6. The quantitative estimate of drug-likeness (QED) is 0.676. The number of nitrogens with two attached hydrogens (primary N) is 1. The zero-order chi connectivity index (χ0) is 12.8. The maximum atomic E-state index is 12.3. The van der Waals surface area contributed by atoms with Crippen molar-refractivity contribution in [3.8, 4) is 12.3 Å². The second-order valence-corrected chi connectivity index (χ2v) is 5.64. The molecule has 1 amide bonds.